The Morgan fingerprint density at radius 1 is 1.07 bits per heavy atom. The Labute approximate surface area is 162 Å². The van der Waals surface area contributed by atoms with Gasteiger partial charge in [0.1, 0.15) is 11.4 Å². The first-order chi connectivity index (χ1) is 13.5. The summed E-state index contributed by atoms with van der Waals surface area (Å²) in [5, 5.41) is 24.0. The van der Waals surface area contributed by atoms with Gasteiger partial charge in [0.2, 0.25) is 0 Å². The van der Waals surface area contributed by atoms with E-state index in [1.807, 2.05) is 12.1 Å². The van der Waals surface area contributed by atoms with Crippen LogP contribution in [0.2, 0.25) is 0 Å². The van der Waals surface area contributed by atoms with Crippen LogP contribution in [-0.4, -0.2) is 53.1 Å². The van der Waals surface area contributed by atoms with Gasteiger partial charge in [0.05, 0.1) is 4.92 Å². The maximum absolute atomic E-state index is 12.8. The number of phenols is 1. The van der Waals surface area contributed by atoms with E-state index < -0.39 is 4.92 Å². The van der Waals surface area contributed by atoms with E-state index in [0.717, 1.165) is 18.5 Å². The zero-order valence-electron chi connectivity index (χ0n) is 15.4. The number of phenolic OH excluding ortho intramolecular Hbond substituents is 1. The number of hydrogen-bond acceptors (Lipinski definition) is 6. The van der Waals surface area contributed by atoms with Crippen molar-refractivity contribution in [3.05, 3.63) is 58.1 Å². The number of amides is 1. The SMILES string of the molecule is O=C(c1ccc(NC2CC2)c([N+](=O)[O-])c1)N1CCN(c2ccc(O)cc2)CC1. The minimum Gasteiger partial charge on any atom is -0.508 e. The summed E-state index contributed by atoms with van der Waals surface area (Å²) in [6, 6.07) is 12.0. The van der Waals surface area contributed by atoms with Gasteiger partial charge >= 0.3 is 0 Å². The van der Waals surface area contributed by atoms with Gasteiger partial charge in [-0.2, -0.15) is 0 Å². The highest BCUT2D eigenvalue weighted by molar-refractivity contribution is 5.96. The molecule has 0 spiro atoms. The molecule has 1 aliphatic heterocycles. The van der Waals surface area contributed by atoms with Gasteiger partial charge in [-0.3, -0.25) is 14.9 Å². The van der Waals surface area contributed by atoms with Crippen LogP contribution in [0.25, 0.3) is 0 Å². The molecule has 0 atom stereocenters. The molecule has 8 heteroatoms. The normalized spacial score (nSPS) is 16.7. The Kier molecular flexibility index (Phi) is 4.77. The second-order valence-electron chi connectivity index (χ2n) is 7.20. The molecule has 1 amide bonds. The van der Waals surface area contributed by atoms with E-state index in [1.165, 1.54) is 6.07 Å². The van der Waals surface area contributed by atoms with Gasteiger partial charge in [0, 0.05) is 49.5 Å². The lowest BCUT2D eigenvalue weighted by Crippen LogP contribution is -2.48. The molecule has 0 unspecified atom stereocenters. The van der Waals surface area contributed by atoms with Gasteiger partial charge in [-0.15, -0.1) is 0 Å². The lowest BCUT2D eigenvalue weighted by Gasteiger charge is -2.36. The summed E-state index contributed by atoms with van der Waals surface area (Å²) in [5.74, 6) is 0.0326. The lowest BCUT2D eigenvalue weighted by molar-refractivity contribution is -0.384. The molecule has 28 heavy (non-hydrogen) atoms. The van der Waals surface area contributed by atoms with Gasteiger partial charge in [-0.05, 0) is 49.2 Å². The number of anilines is 2. The smallest absolute Gasteiger partial charge is 0.293 e. The number of nitrogens with one attached hydrogen (secondary N) is 1. The number of hydrogen-bond donors (Lipinski definition) is 2. The molecule has 0 bridgehead atoms. The third-order valence-corrected chi connectivity index (χ3v) is 5.16. The number of piperazine rings is 1. The zero-order chi connectivity index (χ0) is 19.7. The largest absolute Gasteiger partial charge is 0.508 e. The predicted molar refractivity (Wildman–Crippen MR) is 106 cm³/mol. The summed E-state index contributed by atoms with van der Waals surface area (Å²) in [6.45, 7) is 2.41. The van der Waals surface area contributed by atoms with Crippen molar-refractivity contribution in [1.82, 2.24) is 4.90 Å². The van der Waals surface area contributed by atoms with Gasteiger partial charge in [0.25, 0.3) is 11.6 Å². The van der Waals surface area contributed by atoms with Crippen molar-refractivity contribution in [3.63, 3.8) is 0 Å². The molecular weight excluding hydrogens is 360 g/mol. The van der Waals surface area contributed by atoms with E-state index in [-0.39, 0.29) is 17.3 Å². The Morgan fingerprint density at radius 3 is 2.36 bits per heavy atom. The molecule has 2 aliphatic rings. The van der Waals surface area contributed by atoms with E-state index in [1.54, 1.807) is 29.2 Å². The highest BCUT2D eigenvalue weighted by atomic mass is 16.6. The van der Waals surface area contributed by atoms with Crippen molar-refractivity contribution < 1.29 is 14.8 Å². The molecule has 2 aromatic rings. The van der Waals surface area contributed by atoms with Crippen LogP contribution in [0, 0.1) is 10.1 Å². The number of nitro groups is 1. The van der Waals surface area contributed by atoms with E-state index in [2.05, 4.69) is 10.2 Å². The average molecular weight is 382 g/mol. The number of aromatic hydroxyl groups is 1. The summed E-state index contributed by atoms with van der Waals surface area (Å²) in [5.41, 5.74) is 1.75. The minimum atomic E-state index is -0.440. The van der Waals surface area contributed by atoms with Crippen LogP contribution >= 0.6 is 0 Å². The summed E-state index contributed by atoms with van der Waals surface area (Å²) < 4.78 is 0. The molecule has 0 aromatic heterocycles. The van der Waals surface area contributed by atoms with Crippen LogP contribution in [0.1, 0.15) is 23.2 Å². The van der Waals surface area contributed by atoms with Gasteiger partial charge in [-0.25, -0.2) is 0 Å². The number of nitrogens with zero attached hydrogens (tertiary/aromatic N) is 3. The standard InChI is InChI=1S/C20H22N4O4/c25-17-6-4-16(5-7-17)22-9-11-23(12-10-22)20(26)14-1-8-18(21-15-2-3-15)19(13-14)24(27)28/h1,4-8,13,15,21,25H,2-3,9-12H2. The fourth-order valence-corrected chi connectivity index (χ4v) is 3.40. The first-order valence-electron chi connectivity index (χ1n) is 9.39. The second kappa shape index (κ2) is 7.38. The van der Waals surface area contributed by atoms with Crippen molar-refractivity contribution in [3.8, 4) is 5.75 Å². The van der Waals surface area contributed by atoms with Crippen LogP contribution in [0.3, 0.4) is 0 Å². The summed E-state index contributed by atoms with van der Waals surface area (Å²) in [4.78, 5) is 27.7. The highest BCUT2D eigenvalue weighted by Gasteiger charge is 2.27. The molecule has 1 aliphatic carbocycles. The molecule has 4 rings (SSSR count). The quantitative estimate of drug-likeness (QED) is 0.609. The Balaban J connectivity index is 1.44. The highest BCUT2D eigenvalue weighted by Crippen LogP contribution is 2.32. The van der Waals surface area contributed by atoms with E-state index in [0.29, 0.717) is 43.5 Å². The maximum Gasteiger partial charge on any atom is 0.293 e. The minimum absolute atomic E-state index is 0.0551. The van der Waals surface area contributed by atoms with Crippen LogP contribution in [0.5, 0.6) is 5.75 Å². The molecular formula is C20H22N4O4. The zero-order valence-corrected chi connectivity index (χ0v) is 15.4. The third-order valence-electron chi connectivity index (χ3n) is 5.16. The van der Waals surface area contributed by atoms with Crippen molar-refractivity contribution in [1.29, 1.82) is 0 Å². The average Bonchev–Trinajstić information content (AvgIpc) is 3.52. The summed E-state index contributed by atoms with van der Waals surface area (Å²) >= 11 is 0. The van der Waals surface area contributed by atoms with Crippen molar-refractivity contribution in [2.24, 2.45) is 0 Å². The topological polar surface area (TPSA) is 98.9 Å². The van der Waals surface area contributed by atoms with Crippen LogP contribution in [0.15, 0.2) is 42.5 Å². The predicted octanol–water partition coefficient (Wildman–Crippen LogP) is 2.84. The van der Waals surface area contributed by atoms with Gasteiger partial charge < -0.3 is 20.2 Å². The summed E-state index contributed by atoms with van der Waals surface area (Å²) in [6.07, 6.45) is 2.03. The van der Waals surface area contributed by atoms with Crippen molar-refractivity contribution in [2.45, 2.75) is 18.9 Å². The first-order valence-corrected chi connectivity index (χ1v) is 9.39. The molecule has 8 nitrogen and oxygen atoms in total. The van der Waals surface area contributed by atoms with Crippen LogP contribution in [-0.2, 0) is 0 Å². The Morgan fingerprint density at radius 2 is 1.75 bits per heavy atom. The first kappa shape index (κ1) is 18.1. The fraction of sp³-hybridized carbons (Fsp3) is 0.350. The van der Waals surface area contributed by atoms with Gasteiger partial charge in [-0.1, -0.05) is 0 Å². The van der Waals surface area contributed by atoms with E-state index in [4.69, 9.17) is 0 Å². The molecule has 2 fully saturated rings. The number of benzene rings is 2. The maximum atomic E-state index is 12.8. The lowest BCUT2D eigenvalue weighted by atomic mass is 10.1. The number of nitro benzene ring substituents is 1. The molecule has 2 N–H and O–H groups in total. The Hall–Kier alpha value is -3.29. The van der Waals surface area contributed by atoms with Crippen molar-refractivity contribution >= 4 is 23.0 Å². The molecule has 1 heterocycles. The molecule has 0 radical (unpaired) electrons. The Bertz CT molecular complexity index is 888. The van der Waals surface area contributed by atoms with Crippen LogP contribution < -0.4 is 10.2 Å². The van der Waals surface area contributed by atoms with Crippen LogP contribution in [0.4, 0.5) is 17.1 Å². The summed E-state index contributed by atoms with van der Waals surface area (Å²) in [7, 11) is 0. The second-order valence-corrected chi connectivity index (χ2v) is 7.20. The van der Waals surface area contributed by atoms with Gasteiger partial charge in [0.15, 0.2) is 0 Å². The molecule has 2 aromatic carbocycles. The fourth-order valence-electron chi connectivity index (χ4n) is 3.40. The van der Waals surface area contributed by atoms with Crippen molar-refractivity contribution in [2.75, 3.05) is 36.4 Å². The molecule has 1 saturated heterocycles. The monoisotopic (exact) mass is 382 g/mol. The number of carbonyl (C=O) groups is 1. The van der Waals surface area contributed by atoms with E-state index in [9.17, 15) is 20.0 Å². The van der Waals surface area contributed by atoms with E-state index >= 15 is 0 Å². The number of rotatable bonds is 5. The third kappa shape index (κ3) is 3.85. The number of carbonyl (C=O) groups excluding carboxylic acids is 1. The molecule has 1 saturated carbocycles. The molecule has 146 valence electrons.